The van der Waals surface area contributed by atoms with Crippen molar-refractivity contribution in [2.75, 3.05) is 38.2 Å². The molecule has 2 fully saturated rings. The van der Waals surface area contributed by atoms with Gasteiger partial charge in [0.1, 0.15) is 9.84 Å². The molecule has 2 heterocycles. The van der Waals surface area contributed by atoms with Crippen LogP contribution >= 0.6 is 0 Å². The van der Waals surface area contributed by atoms with Crippen LogP contribution in [0.5, 0.6) is 0 Å². The third kappa shape index (κ3) is 3.17. The quantitative estimate of drug-likeness (QED) is 0.703. The number of nitrogens with zero attached hydrogens (tertiary/aromatic N) is 2. The van der Waals surface area contributed by atoms with Gasteiger partial charge in [-0.2, -0.15) is 0 Å². The maximum Gasteiger partial charge on any atom is 0.231 e. The summed E-state index contributed by atoms with van der Waals surface area (Å²) >= 11 is 0. The van der Waals surface area contributed by atoms with Gasteiger partial charge in [-0.05, 0) is 32.7 Å². The number of hydrogen-bond donors (Lipinski definition) is 0. The van der Waals surface area contributed by atoms with Crippen molar-refractivity contribution in [3.8, 4) is 0 Å². The Bertz CT molecular complexity index is 477. The third-order valence-electron chi connectivity index (χ3n) is 4.79. The topological polar surface area (TPSA) is 57.7 Å². The van der Waals surface area contributed by atoms with Crippen molar-refractivity contribution in [2.24, 2.45) is 5.41 Å². The molecule has 0 N–H and O–H groups in total. The summed E-state index contributed by atoms with van der Waals surface area (Å²) in [6.45, 7) is 7.39. The average molecular weight is 302 g/mol. The van der Waals surface area contributed by atoms with Crippen LogP contribution in [0.25, 0.3) is 0 Å². The molecule has 6 heteroatoms. The van der Waals surface area contributed by atoms with E-state index in [-0.39, 0.29) is 17.1 Å². The molecule has 0 aromatic carbocycles. The van der Waals surface area contributed by atoms with Gasteiger partial charge in [-0.1, -0.05) is 6.92 Å². The molecule has 0 unspecified atom stereocenters. The minimum atomic E-state index is -2.99. The monoisotopic (exact) mass is 302 g/mol. The van der Waals surface area contributed by atoms with Crippen molar-refractivity contribution >= 4 is 15.7 Å². The van der Waals surface area contributed by atoms with Crippen molar-refractivity contribution in [1.29, 1.82) is 0 Å². The first-order valence-electron chi connectivity index (χ1n) is 7.48. The van der Waals surface area contributed by atoms with Crippen LogP contribution < -0.4 is 0 Å². The predicted molar refractivity (Wildman–Crippen MR) is 79.3 cm³/mol. The number of hydrogen-bond acceptors (Lipinski definition) is 4. The Labute approximate surface area is 122 Å². The van der Waals surface area contributed by atoms with Crippen LogP contribution in [0.2, 0.25) is 0 Å². The summed E-state index contributed by atoms with van der Waals surface area (Å²) in [7, 11) is -2.99. The van der Waals surface area contributed by atoms with E-state index in [0.29, 0.717) is 12.6 Å². The molecule has 1 spiro atoms. The zero-order valence-corrected chi connectivity index (χ0v) is 13.6. The number of β-lactam (4-membered cyclic amide) rings is 1. The van der Waals surface area contributed by atoms with Gasteiger partial charge in [0.05, 0.1) is 11.2 Å². The number of amides is 1. The summed E-state index contributed by atoms with van der Waals surface area (Å²) in [5, 5.41) is 0. The average Bonchev–Trinajstić information content (AvgIpc) is 2.41. The highest BCUT2D eigenvalue weighted by molar-refractivity contribution is 7.90. The van der Waals surface area contributed by atoms with Gasteiger partial charge in [0.2, 0.25) is 5.91 Å². The maximum atomic E-state index is 12.4. The van der Waals surface area contributed by atoms with Gasteiger partial charge in [-0.3, -0.25) is 9.69 Å². The summed E-state index contributed by atoms with van der Waals surface area (Å²) in [5.74, 6) is 0.235. The maximum absolute atomic E-state index is 12.4. The molecule has 5 nitrogen and oxygen atoms in total. The summed E-state index contributed by atoms with van der Waals surface area (Å²) in [6, 6.07) is 0.519. The number of sulfone groups is 1. The molecule has 0 aromatic heterocycles. The SMILES string of the molecule is CC[C@H](C)N1CCC[C@@]2(CN(CCS(C)(=O)=O)C2=O)C1. The second kappa shape index (κ2) is 5.64. The van der Waals surface area contributed by atoms with Crippen LogP contribution in [0.1, 0.15) is 33.1 Å². The molecule has 0 radical (unpaired) electrons. The van der Waals surface area contributed by atoms with Crippen LogP contribution in [0.15, 0.2) is 0 Å². The lowest BCUT2D eigenvalue weighted by Gasteiger charge is -2.54. The Morgan fingerprint density at radius 3 is 2.60 bits per heavy atom. The van der Waals surface area contributed by atoms with E-state index in [0.717, 1.165) is 38.9 Å². The standard InChI is InChI=1S/C14H26N2O3S/c1-4-12(2)15-7-5-6-14(10-15)11-16(13(14)17)8-9-20(3,18)19/h12H,4-11H2,1-3H3/t12-,14-/m0/s1. The zero-order chi connectivity index (χ0) is 15.0. The summed E-state index contributed by atoms with van der Waals surface area (Å²) < 4.78 is 22.4. The highest BCUT2D eigenvalue weighted by Gasteiger charge is 2.53. The molecule has 2 saturated heterocycles. The van der Waals surface area contributed by atoms with E-state index >= 15 is 0 Å². The number of likely N-dealkylation sites (tertiary alicyclic amines) is 2. The van der Waals surface area contributed by atoms with E-state index in [1.807, 2.05) is 0 Å². The summed E-state index contributed by atoms with van der Waals surface area (Å²) in [5.41, 5.74) is -0.223. The molecular formula is C14H26N2O3S. The lowest BCUT2D eigenvalue weighted by molar-refractivity contribution is -0.166. The molecule has 20 heavy (non-hydrogen) atoms. The molecule has 0 saturated carbocycles. The second-order valence-corrected chi connectivity index (χ2v) is 8.73. The molecule has 2 aliphatic heterocycles. The molecule has 2 rings (SSSR count). The van der Waals surface area contributed by atoms with Gasteiger partial charge in [0.25, 0.3) is 0 Å². The number of carbonyl (C=O) groups excluding carboxylic acids is 1. The van der Waals surface area contributed by atoms with E-state index in [2.05, 4.69) is 18.7 Å². The van der Waals surface area contributed by atoms with Crippen LogP contribution in [0.4, 0.5) is 0 Å². The Kier molecular flexibility index (Phi) is 4.44. The molecule has 2 atom stereocenters. The molecule has 116 valence electrons. The smallest absolute Gasteiger partial charge is 0.231 e. The molecule has 1 amide bonds. The Morgan fingerprint density at radius 2 is 2.05 bits per heavy atom. The summed E-state index contributed by atoms with van der Waals surface area (Å²) in [4.78, 5) is 16.5. The van der Waals surface area contributed by atoms with Crippen molar-refractivity contribution in [3.63, 3.8) is 0 Å². The van der Waals surface area contributed by atoms with E-state index < -0.39 is 9.84 Å². The number of rotatable bonds is 5. The number of piperidine rings is 1. The molecule has 0 bridgehead atoms. The van der Waals surface area contributed by atoms with Crippen LogP contribution in [0.3, 0.4) is 0 Å². The first kappa shape index (κ1) is 15.8. The van der Waals surface area contributed by atoms with Crippen LogP contribution in [-0.2, 0) is 14.6 Å². The molecule has 0 aromatic rings. The Balaban J connectivity index is 1.93. The van der Waals surface area contributed by atoms with Crippen molar-refractivity contribution in [1.82, 2.24) is 9.80 Å². The van der Waals surface area contributed by atoms with Gasteiger partial charge in [0, 0.05) is 31.9 Å². The molecule has 0 aliphatic carbocycles. The second-order valence-electron chi connectivity index (χ2n) is 6.47. The lowest BCUT2D eigenvalue weighted by atomic mass is 9.72. The highest BCUT2D eigenvalue weighted by Crippen LogP contribution is 2.40. The highest BCUT2D eigenvalue weighted by atomic mass is 32.2. The first-order chi connectivity index (χ1) is 9.27. The molecule has 2 aliphatic rings. The zero-order valence-electron chi connectivity index (χ0n) is 12.8. The van der Waals surface area contributed by atoms with E-state index in [4.69, 9.17) is 0 Å². The van der Waals surface area contributed by atoms with E-state index in [1.54, 1.807) is 4.90 Å². The van der Waals surface area contributed by atoms with Gasteiger partial charge in [0.15, 0.2) is 0 Å². The minimum Gasteiger partial charge on any atom is -0.340 e. The van der Waals surface area contributed by atoms with Crippen LogP contribution in [-0.4, -0.2) is 68.4 Å². The Morgan fingerprint density at radius 1 is 1.35 bits per heavy atom. The van der Waals surface area contributed by atoms with E-state index in [9.17, 15) is 13.2 Å². The fraction of sp³-hybridized carbons (Fsp3) is 0.929. The van der Waals surface area contributed by atoms with Crippen LogP contribution in [0, 0.1) is 5.41 Å². The van der Waals surface area contributed by atoms with Crippen molar-refractivity contribution < 1.29 is 13.2 Å². The number of carbonyl (C=O) groups is 1. The first-order valence-corrected chi connectivity index (χ1v) is 9.54. The van der Waals surface area contributed by atoms with Crippen molar-refractivity contribution in [3.05, 3.63) is 0 Å². The van der Waals surface area contributed by atoms with Gasteiger partial charge in [-0.25, -0.2) is 8.42 Å². The van der Waals surface area contributed by atoms with Gasteiger partial charge >= 0.3 is 0 Å². The summed E-state index contributed by atoms with van der Waals surface area (Å²) in [6.07, 6.45) is 4.34. The van der Waals surface area contributed by atoms with Crippen molar-refractivity contribution in [2.45, 2.75) is 39.2 Å². The largest absolute Gasteiger partial charge is 0.340 e. The Hall–Kier alpha value is -0.620. The lowest BCUT2D eigenvalue weighted by Crippen LogP contribution is -2.68. The predicted octanol–water partition coefficient (Wildman–Crippen LogP) is 0.754. The van der Waals surface area contributed by atoms with Gasteiger partial charge < -0.3 is 4.90 Å². The molecular weight excluding hydrogens is 276 g/mol. The fourth-order valence-corrected chi connectivity index (χ4v) is 3.86. The normalized spacial score (nSPS) is 29.6. The fourth-order valence-electron chi connectivity index (χ4n) is 3.31. The van der Waals surface area contributed by atoms with Gasteiger partial charge in [-0.15, -0.1) is 0 Å². The van der Waals surface area contributed by atoms with E-state index in [1.165, 1.54) is 6.26 Å². The minimum absolute atomic E-state index is 0.0733. The third-order valence-corrected chi connectivity index (χ3v) is 5.71.